The van der Waals surface area contributed by atoms with Gasteiger partial charge in [0.2, 0.25) is 5.91 Å². The van der Waals surface area contributed by atoms with Gasteiger partial charge in [-0.1, -0.05) is 24.2 Å². The Balaban J connectivity index is 1.78. The quantitative estimate of drug-likeness (QED) is 0.409. The largest absolute Gasteiger partial charge is 0.507 e. The van der Waals surface area contributed by atoms with Crippen LogP contribution in [0.5, 0.6) is 11.5 Å². The van der Waals surface area contributed by atoms with Crippen molar-refractivity contribution in [2.45, 2.75) is 48.9 Å². The Bertz CT molecular complexity index is 1420. The molecule has 4 heterocycles. The monoisotopic (exact) mass is 562 g/mol. The maximum atomic E-state index is 15.1. The molecule has 3 aliphatic heterocycles. The maximum Gasteiger partial charge on any atom is 0.261 e. The molecule has 0 bridgehead atoms. The predicted octanol–water partition coefficient (Wildman–Crippen LogP) is -0.303. The second kappa shape index (κ2) is 9.50. The third kappa shape index (κ3) is 4.19. The molecule has 0 spiro atoms. The zero-order valence-electron chi connectivity index (χ0n) is 23.8. The SMILES string of the molecule is BC1(B)CN(C(=O)C=C)C(B)(B)[C@@H]2COc3c(Cl)c(-c4c(O)cccc4F)nc(N4CCCC4(C)C)c3C(=O)N21. The van der Waals surface area contributed by atoms with Gasteiger partial charge in [0.05, 0.1) is 11.6 Å². The summed E-state index contributed by atoms with van der Waals surface area (Å²) in [5.74, 6) is -1.14. The molecule has 1 aromatic heterocycles. The van der Waals surface area contributed by atoms with Crippen molar-refractivity contribution in [3.8, 4) is 22.8 Å². The highest BCUT2D eigenvalue weighted by Gasteiger charge is 2.55. The summed E-state index contributed by atoms with van der Waals surface area (Å²) in [5.41, 5.74) is -0.299. The van der Waals surface area contributed by atoms with Crippen molar-refractivity contribution in [1.82, 2.24) is 14.8 Å². The Hall–Kier alpha value is -3.07. The molecule has 206 valence electrons. The Kier molecular flexibility index (Phi) is 6.76. The molecule has 1 atom stereocenters. The number of nitrogens with zero attached hydrogens (tertiary/aromatic N) is 4. The Labute approximate surface area is 242 Å². The number of carbonyl (C=O) groups is 2. The topological polar surface area (TPSA) is 86.2 Å². The molecule has 1 aromatic carbocycles. The normalized spacial score (nSPS) is 22.6. The highest BCUT2D eigenvalue weighted by atomic mass is 35.5. The molecule has 2 amide bonds. The average molecular weight is 562 g/mol. The Morgan fingerprint density at radius 2 is 1.98 bits per heavy atom. The van der Waals surface area contributed by atoms with E-state index in [0.717, 1.165) is 12.8 Å². The number of hydrogen-bond donors (Lipinski definition) is 1. The minimum atomic E-state index is -0.807. The van der Waals surface area contributed by atoms with Crippen LogP contribution in [0, 0.1) is 5.82 Å². The van der Waals surface area contributed by atoms with Crippen molar-refractivity contribution < 1.29 is 23.8 Å². The van der Waals surface area contributed by atoms with E-state index in [4.69, 9.17) is 21.3 Å². The van der Waals surface area contributed by atoms with Crippen LogP contribution in [0.3, 0.4) is 0 Å². The van der Waals surface area contributed by atoms with Gasteiger partial charge in [-0.3, -0.25) is 9.59 Å². The highest BCUT2D eigenvalue weighted by molar-refractivity contribution is 6.45. The van der Waals surface area contributed by atoms with Crippen LogP contribution >= 0.6 is 11.6 Å². The van der Waals surface area contributed by atoms with Gasteiger partial charge >= 0.3 is 0 Å². The lowest BCUT2D eigenvalue weighted by Gasteiger charge is -2.60. The molecule has 1 N–H and O–H groups in total. The summed E-state index contributed by atoms with van der Waals surface area (Å²) in [6, 6.07) is 3.44. The first-order valence-electron chi connectivity index (χ1n) is 13.5. The highest BCUT2D eigenvalue weighted by Crippen LogP contribution is 2.49. The van der Waals surface area contributed by atoms with E-state index in [2.05, 4.69) is 20.4 Å². The molecule has 5 rings (SSSR count). The molecule has 8 nitrogen and oxygen atoms in total. The number of benzene rings is 1. The lowest BCUT2D eigenvalue weighted by atomic mass is 9.49. The summed E-state index contributed by atoms with van der Waals surface area (Å²) in [6.07, 6.45) is 3.03. The van der Waals surface area contributed by atoms with Gasteiger partial charge in [-0.15, -0.1) is 0 Å². The van der Waals surface area contributed by atoms with E-state index in [0.29, 0.717) is 12.4 Å². The van der Waals surface area contributed by atoms with E-state index in [1.54, 1.807) is 9.80 Å². The second-order valence-electron chi connectivity index (χ2n) is 12.6. The molecular weight excluding hydrogens is 530 g/mol. The van der Waals surface area contributed by atoms with Gasteiger partial charge in [-0.05, 0) is 50.2 Å². The number of pyridine rings is 1. The first kappa shape index (κ1) is 28.5. The molecule has 14 heteroatoms. The third-order valence-electron chi connectivity index (χ3n) is 8.74. The van der Waals surface area contributed by atoms with Crippen molar-refractivity contribution in [2.24, 2.45) is 0 Å². The maximum absolute atomic E-state index is 15.1. The van der Waals surface area contributed by atoms with Gasteiger partial charge in [0, 0.05) is 24.0 Å². The van der Waals surface area contributed by atoms with E-state index in [9.17, 15) is 14.7 Å². The lowest BCUT2D eigenvalue weighted by Crippen LogP contribution is -2.79. The number of phenols is 1. The van der Waals surface area contributed by atoms with Gasteiger partial charge in [-0.25, -0.2) is 9.37 Å². The van der Waals surface area contributed by atoms with Gasteiger partial charge in [0.1, 0.15) is 71.7 Å². The smallest absolute Gasteiger partial charge is 0.261 e. The van der Waals surface area contributed by atoms with Crippen molar-refractivity contribution in [3.63, 3.8) is 0 Å². The average Bonchev–Trinajstić information content (AvgIpc) is 3.13. The summed E-state index contributed by atoms with van der Waals surface area (Å²) < 4.78 is 21.5. The van der Waals surface area contributed by atoms with Crippen LogP contribution in [0.25, 0.3) is 11.3 Å². The number of aromatic hydroxyl groups is 1. The number of carbonyl (C=O) groups excluding carboxylic acids is 2. The van der Waals surface area contributed by atoms with E-state index in [-0.39, 0.29) is 63.8 Å². The molecule has 2 aromatic rings. The molecule has 0 radical (unpaired) electrons. The second-order valence-corrected chi connectivity index (χ2v) is 13.0. The van der Waals surface area contributed by atoms with Crippen LogP contribution in [0.4, 0.5) is 10.2 Å². The number of hydrogen-bond acceptors (Lipinski definition) is 6. The minimum absolute atomic E-state index is 0.00312. The number of aromatic nitrogens is 1. The Morgan fingerprint density at radius 1 is 1.27 bits per heavy atom. The summed E-state index contributed by atoms with van der Waals surface area (Å²) in [5, 5.41) is 9.00. The van der Waals surface area contributed by atoms with E-state index >= 15 is 4.39 Å². The zero-order valence-corrected chi connectivity index (χ0v) is 24.6. The zero-order chi connectivity index (χ0) is 29.4. The standard InChI is InChI=1S/C26H32B4ClFN4O4/c1-4-16(38)35-12-25(27,28)36-15(26(35,29)30)11-40-21-18(23(36)39)22(34-10-6-9-24(34,2)3)33-20(19(21)31)17-13(32)7-5-8-14(17)37/h4-5,7-8,15,37H,1,6,9-12,27-30H2,2-3H3/t15-/m0/s1. The first-order chi connectivity index (χ1) is 18.6. The summed E-state index contributed by atoms with van der Waals surface area (Å²) in [4.78, 5) is 38.0. The molecule has 2 fully saturated rings. The minimum Gasteiger partial charge on any atom is -0.507 e. The molecular formula is C26H32B4ClFN4O4. The number of fused-ring (bicyclic) bond motifs is 2. The van der Waals surface area contributed by atoms with E-state index < -0.39 is 22.5 Å². The fraction of sp³-hybridized carbons (Fsp3) is 0.423. The van der Waals surface area contributed by atoms with Gasteiger partial charge in [-0.2, -0.15) is 0 Å². The molecule has 40 heavy (non-hydrogen) atoms. The fourth-order valence-electron chi connectivity index (χ4n) is 6.50. The van der Waals surface area contributed by atoms with Crippen LogP contribution in [-0.4, -0.2) is 105 Å². The molecule has 2 saturated heterocycles. The van der Waals surface area contributed by atoms with Crippen LogP contribution < -0.4 is 9.64 Å². The van der Waals surface area contributed by atoms with Crippen molar-refractivity contribution in [3.05, 3.63) is 47.3 Å². The molecule has 3 aliphatic rings. The number of amides is 2. The summed E-state index contributed by atoms with van der Waals surface area (Å²) >= 11 is 6.90. The summed E-state index contributed by atoms with van der Waals surface area (Å²) in [6.45, 7) is 8.76. The number of halogens is 2. The number of rotatable bonds is 3. The molecule has 0 saturated carbocycles. The number of anilines is 1. The molecule has 0 unspecified atom stereocenters. The van der Waals surface area contributed by atoms with E-state index in [1.807, 2.05) is 36.3 Å². The van der Waals surface area contributed by atoms with E-state index in [1.165, 1.54) is 24.3 Å². The Morgan fingerprint density at radius 3 is 2.58 bits per heavy atom. The van der Waals surface area contributed by atoms with Crippen molar-refractivity contribution in [1.29, 1.82) is 0 Å². The number of phenolic OH excluding ortho intramolecular Hbond substituents is 1. The third-order valence-corrected chi connectivity index (χ3v) is 9.09. The van der Waals surface area contributed by atoms with Crippen molar-refractivity contribution in [2.75, 3.05) is 24.6 Å². The number of ether oxygens (including phenoxy) is 1. The fourth-order valence-corrected chi connectivity index (χ4v) is 6.79. The number of piperazine rings is 1. The van der Waals surface area contributed by atoms with Crippen LogP contribution in [0.1, 0.15) is 37.0 Å². The van der Waals surface area contributed by atoms with Crippen LogP contribution in [-0.2, 0) is 4.79 Å². The predicted molar refractivity (Wildman–Crippen MR) is 164 cm³/mol. The molecule has 0 aliphatic carbocycles. The summed E-state index contributed by atoms with van der Waals surface area (Å²) in [7, 11) is 7.64. The van der Waals surface area contributed by atoms with Gasteiger partial charge in [0.15, 0.2) is 5.75 Å². The van der Waals surface area contributed by atoms with Gasteiger partial charge in [0.25, 0.3) is 5.91 Å². The first-order valence-corrected chi connectivity index (χ1v) is 13.9. The lowest BCUT2D eigenvalue weighted by molar-refractivity contribution is -0.133. The van der Waals surface area contributed by atoms with Crippen molar-refractivity contribution >= 4 is 60.6 Å². The van der Waals surface area contributed by atoms with Crippen LogP contribution in [0.2, 0.25) is 5.02 Å². The van der Waals surface area contributed by atoms with Gasteiger partial charge < -0.3 is 24.5 Å². The van der Waals surface area contributed by atoms with Crippen LogP contribution in [0.15, 0.2) is 30.9 Å².